The Kier molecular flexibility index (Phi) is 7.31. The number of rotatable bonds is 8. The van der Waals surface area contributed by atoms with E-state index in [2.05, 4.69) is 12.2 Å². The van der Waals surface area contributed by atoms with Crippen LogP contribution in [-0.2, 0) is 15.7 Å². The highest BCUT2D eigenvalue weighted by Gasteiger charge is 2.40. The van der Waals surface area contributed by atoms with Crippen molar-refractivity contribution in [1.29, 1.82) is 0 Å². The first kappa shape index (κ1) is 19.0. The van der Waals surface area contributed by atoms with E-state index in [1.165, 1.54) is 0 Å². The van der Waals surface area contributed by atoms with Gasteiger partial charge in [0.15, 0.2) is 0 Å². The van der Waals surface area contributed by atoms with Crippen molar-refractivity contribution in [2.24, 2.45) is 0 Å². The lowest BCUT2D eigenvalue weighted by Gasteiger charge is -2.31. The first-order valence-corrected chi connectivity index (χ1v) is 9.62. The summed E-state index contributed by atoms with van der Waals surface area (Å²) in [6.45, 7) is 2.97. The Balaban J connectivity index is 1.93. The zero-order valence-electron chi connectivity index (χ0n) is 13.9. The minimum atomic E-state index is -2.27. The Morgan fingerprint density at radius 3 is 2.79 bits per heavy atom. The second kappa shape index (κ2) is 9.23. The predicted octanol–water partition coefficient (Wildman–Crippen LogP) is 2.58. The van der Waals surface area contributed by atoms with Gasteiger partial charge in [-0.05, 0) is 35.5 Å². The predicted molar refractivity (Wildman–Crippen MR) is 91.8 cm³/mol. The molecule has 1 aliphatic heterocycles. The molecule has 1 saturated heterocycles. The van der Waals surface area contributed by atoms with Crippen molar-refractivity contribution < 1.29 is 24.1 Å². The van der Waals surface area contributed by atoms with Crippen LogP contribution < -0.4 is 5.32 Å². The molecule has 0 amide bonds. The number of morpholine rings is 1. The summed E-state index contributed by atoms with van der Waals surface area (Å²) >= 11 is 0. The second-order valence-corrected chi connectivity index (χ2v) is 7.42. The normalized spacial score (nSPS) is 22.8. The molecular formula is C17H25NO5P+. The SMILES string of the molecule is CCCCC([C@@H]1CN[C@H](Cc2ccccc2C(=O)O)CO1)[P+](=O)O. The Morgan fingerprint density at radius 1 is 1.46 bits per heavy atom. The molecular weight excluding hydrogens is 329 g/mol. The monoisotopic (exact) mass is 354 g/mol. The first-order valence-electron chi connectivity index (χ1n) is 8.34. The van der Waals surface area contributed by atoms with E-state index in [0.29, 0.717) is 31.6 Å². The molecule has 0 radical (unpaired) electrons. The van der Waals surface area contributed by atoms with Gasteiger partial charge in [-0.2, -0.15) is 4.89 Å². The molecule has 1 fully saturated rings. The third-order valence-electron chi connectivity index (χ3n) is 4.40. The summed E-state index contributed by atoms with van der Waals surface area (Å²) in [7, 11) is -2.27. The van der Waals surface area contributed by atoms with E-state index in [4.69, 9.17) is 4.74 Å². The number of carboxylic acids is 1. The standard InChI is InChI=1S/C17H24NO5P/c1-2-3-8-16(24(21)22)15-10-18-13(11-23-15)9-12-6-4-5-7-14(12)17(19)20/h4-7,13,15-16,18H,2-3,8-11H2,1H3,(H-,19,20,21,22)/p+1/t13-,15+,16?/m1/s1. The molecule has 0 bridgehead atoms. The van der Waals surface area contributed by atoms with Crippen LogP contribution in [0.3, 0.4) is 0 Å². The molecule has 6 nitrogen and oxygen atoms in total. The van der Waals surface area contributed by atoms with Crippen molar-refractivity contribution in [2.75, 3.05) is 13.2 Å². The van der Waals surface area contributed by atoms with E-state index in [1.54, 1.807) is 12.1 Å². The first-order chi connectivity index (χ1) is 11.5. The Bertz CT molecular complexity index is 572. The largest absolute Gasteiger partial charge is 0.511 e. The number of ether oxygens (including phenoxy) is 1. The highest BCUT2D eigenvalue weighted by molar-refractivity contribution is 7.39. The lowest BCUT2D eigenvalue weighted by molar-refractivity contribution is -0.000110. The minimum Gasteiger partial charge on any atom is -0.478 e. The second-order valence-electron chi connectivity index (χ2n) is 6.16. The smallest absolute Gasteiger partial charge is 0.478 e. The number of hydrogen-bond acceptors (Lipinski definition) is 4. The molecule has 1 aliphatic rings. The summed E-state index contributed by atoms with van der Waals surface area (Å²) in [5, 5.41) is 12.6. The van der Waals surface area contributed by atoms with Gasteiger partial charge in [-0.1, -0.05) is 31.5 Å². The topological polar surface area (TPSA) is 95.9 Å². The Morgan fingerprint density at radius 2 is 2.21 bits per heavy atom. The molecule has 2 unspecified atom stereocenters. The van der Waals surface area contributed by atoms with Crippen molar-refractivity contribution >= 4 is 14.0 Å². The zero-order valence-corrected chi connectivity index (χ0v) is 14.7. The van der Waals surface area contributed by atoms with E-state index in [-0.39, 0.29) is 17.8 Å². The molecule has 1 aromatic rings. The number of hydrogen-bond donors (Lipinski definition) is 3. The van der Waals surface area contributed by atoms with Crippen molar-refractivity contribution in [3.8, 4) is 0 Å². The molecule has 1 aromatic carbocycles. The summed E-state index contributed by atoms with van der Waals surface area (Å²) < 4.78 is 17.4. The highest BCUT2D eigenvalue weighted by atomic mass is 31.1. The van der Waals surface area contributed by atoms with Gasteiger partial charge >= 0.3 is 14.0 Å². The lowest BCUT2D eigenvalue weighted by Crippen LogP contribution is -2.50. The molecule has 0 spiro atoms. The van der Waals surface area contributed by atoms with Crippen molar-refractivity contribution in [3.63, 3.8) is 0 Å². The fraction of sp³-hybridized carbons (Fsp3) is 0.588. The Hall–Kier alpha value is -1.33. The summed E-state index contributed by atoms with van der Waals surface area (Å²) in [5.41, 5.74) is 0.723. The van der Waals surface area contributed by atoms with Crippen LogP contribution in [0.25, 0.3) is 0 Å². The molecule has 132 valence electrons. The molecule has 7 heteroatoms. The van der Waals surface area contributed by atoms with Crippen molar-refractivity contribution in [1.82, 2.24) is 5.32 Å². The zero-order chi connectivity index (χ0) is 17.5. The van der Waals surface area contributed by atoms with Gasteiger partial charge in [0, 0.05) is 12.6 Å². The lowest BCUT2D eigenvalue weighted by atomic mass is 9.99. The van der Waals surface area contributed by atoms with E-state index in [1.807, 2.05) is 12.1 Å². The van der Waals surface area contributed by atoms with Gasteiger partial charge in [-0.15, -0.1) is 0 Å². The molecule has 2 rings (SSSR count). The van der Waals surface area contributed by atoms with E-state index >= 15 is 0 Å². The van der Waals surface area contributed by atoms with Crippen molar-refractivity contribution in [2.45, 2.75) is 50.4 Å². The molecule has 0 saturated carbocycles. The summed E-state index contributed by atoms with van der Waals surface area (Å²) in [6, 6.07) is 6.95. The van der Waals surface area contributed by atoms with Crippen LogP contribution in [0.1, 0.15) is 42.1 Å². The number of benzene rings is 1. The number of unbranched alkanes of at least 4 members (excludes halogenated alkanes) is 1. The summed E-state index contributed by atoms with van der Waals surface area (Å²) in [4.78, 5) is 20.8. The quantitative estimate of drug-likeness (QED) is 0.621. The van der Waals surface area contributed by atoms with Crippen LogP contribution in [0.5, 0.6) is 0 Å². The number of carboxylic acid groups (broad SMARTS) is 1. The maximum Gasteiger partial charge on any atom is 0.511 e. The average Bonchev–Trinajstić information content (AvgIpc) is 2.56. The van der Waals surface area contributed by atoms with Crippen LogP contribution in [0.4, 0.5) is 0 Å². The summed E-state index contributed by atoms with van der Waals surface area (Å²) in [6.07, 6.45) is 2.85. The average molecular weight is 354 g/mol. The van der Waals surface area contributed by atoms with Gasteiger partial charge in [0.25, 0.3) is 0 Å². The van der Waals surface area contributed by atoms with Gasteiger partial charge in [-0.25, -0.2) is 4.79 Å². The van der Waals surface area contributed by atoms with Crippen LogP contribution in [0.15, 0.2) is 24.3 Å². The minimum absolute atomic E-state index is 0.00477. The van der Waals surface area contributed by atoms with Gasteiger partial charge in [0.05, 0.1) is 12.2 Å². The van der Waals surface area contributed by atoms with Crippen molar-refractivity contribution in [3.05, 3.63) is 35.4 Å². The Labute approximate surface area is 143 Å². The maximum absolute atomic E-state index is 11.6. The van der Waals surface area contributed by atoms with E-state index in [9.17, 15) is 19.4 Å². The van der Waals surface area contributed by atoms with Gasteiger partial charge in [0.2, 0.25) is 5.66 Å². The van der Waals surface area contributed by atoms with Crippen LogP contribution in [0, 0.1) is 0 Å². The highest BCUT2D eigenvalue weighted by Crippen LogP contribution is 2.32. The molecule has 1 heterocycles. The fourth-order valence-electron chi connectivity index (χ4n) is 3.04. The third kappa shape index (κ3) is 5.08. The third-order valence-corrected chi connectivity index (χ3v) is 5.56. The fourth-order valence-corrected chi connectivity index (χ4v) is 3.92. The molecule has 0 aliphatic carbocycles. The number of aromatic carboxylic acids is 1. The number of carbonyl (C=O) groups is 1. The van der Waals surface area contributed by atoms with Gasteiger partial charge < -0.3 is 15.2 Å². The van der Waals surface area contributed by atoms with Gasteiger partial charge in [-0.3, -0.25) is 0 Å². The molecule has 4 atom stereocenters. The summed E-state index contributed by atoms with van der Waals surface area (Å²) in [5.74, 6) is -0.933. The molecule has 24 heavy (non-hydrogen) atoms. The number of nitrogens with one attached hydrogen (secondary N) is 1. The van der Waals surface area contributed by atoms with Gasteiger partial charge in [0.1, 0.15) is 6.10 Å². The van der Waals surface area contributed by atoms with Crippen LogP contribution in [-0.4, -0.2) is 46.9 Å². The van der Waals surface area contributed by atoms with Crippen LogP contribution >= 0.6 is 8.03 Å². The van der Waals surface area contributed by atoms with Crippen LogP contribution in [0.2, 0.25) is 0 Å². The maximum atomic E-state index is 11.6. The molecule has 3 N–H and O–H groups in total. The van der Waals surface area contributed by atoms with E-state index in [0.717, 1.165) is 18.4 Å². The molecule has 0 aromatic heterocycles. The van der Waals surface area contributed by atoms with E-state index < -0.39 is 14.0 Å².